The van der Waals surface area contributed by atoms with Gasteiger partial charge in [0.1, 0.15) is 26.7 Å². The maximum absolute atomic E-state index is 11.9. The van der Waals surface area contributed by atoms with Gasteiger partial charge in [-0.2, -0.15) is 0 Å². The van der Waals surface area contributed by atoms with Crippen molar-refractivity contribution in [1.29, 1.82) is 0 Å². The molecule has 1 aromatic carbocycles. The predicted molar refractivity (Wildman–Crippen MR) is 83.4 cm³/mol. The van der Waals surface area contributed by atoms with Gasteiger partial charge in [-0.05, 0) is 33.2 Å². The third-order valence-electron chi connectivity index (χ3n) is 3.12. The minimum atomic E-state index is -0.518. The Morgan fingerprint density at radius 2 is 1.90 bits per heavy atom. The lowest BCUT2D eigenvalue weighted by atomic mass is 9.91. The monoisotopic (exact) mass is 291 g/mol. The molecule has 2 rings (SSSR count). The molecule has 6 heteroatoms. The molecule has 0 spiro atoms. The molecular formula is C15H22BNO4. The minimum Gasteiger partial charge on any atom is -0.487 e. The highest BCUT2D eigenvalue weighted by molar-refractivity contribution is 6.34. The van der Waals surface area contributed by atoms with E-state index in [1.165, 1.54) is 0 Å². The lowest BCUT2D eigenvalue weighted by Gasteiger charge is -2.26. The summed E-state index contributed by atoms with van der Waals surface area (Å²) in [5.41, 5.74) is 1.40. The van der Waals surface area contributed by atoms with Crippen LogP contribution < -0.4 is 20.3 Å². The summed E-state index contributed by atoms with van der Waals surface area (Å²) in [7, 11) is 1.98. The van der Waals surface area contributed by atoms with E-state index in [4.69, 9.17) is 14.2 Å². The van der Waals surface area contributed by atoms with Crippen LogP contribution in [0, 0.1) is 0 Å². The van der Waals surface area contributed by atoms with Crippen LogP contribution in [-0.4, -0.2) is 32.8 Å². The highest BCUT2D eigenvalue weighted by Gasteiger charge is 2.24. The Bertz CT molecular complexity index is 539. The summed E-state index contributed by atoms with van der Waals surface area (Å²) < 4.78 is 16.7. The Balaban J connectivity index is 2.16. The average molecular weight is 291 g/mol. The largest absolute Gasteiger partial charge is 0.487 e. The van der Waals surface area contributed by atoms with Gasteiger partial charge >= 0.3 is 6.09 Å². The Labute approximate surface area is 126 Å². The Hall–Kier alpha value is -1.85. The molecular weight excluding hydrogens is 269 g/mol. The highest BCUT2D eigenvalue weighted by Crippen LogP contribution is 2.35. The summed E-state index contributed by atoms with van der Waals surface area (Å²) in [4.78, 5) is 11.9. The maximum atomic E-state index is 11.9. The molecule has 1 aromatic rings. The summed E-state index contributed by atoms with van der Waals surface area (Å²) in [5, 5.41) is 2.83. The number of ether oxygens (including phenoxy) is 3. The molecule has 0 aromatic heterocycles. The summed E-state index contributed by atoms with van der Waals surface area (Å²) in [5.74, 6) is 1.47. The van der Waals surface area contributed by atoms with Gasteiger partial charge in [-0.15, -0.1) is 0 Å². The van der Waals surface area contributed by atoms with Gasteiger partial charge in [0.25, 0.3) is 0 Å². The van der Waals surface area contributed by atoms with Gasteiger partial charge in [-0.3, -0.25) is 0 Å². The Morgan fingerprint density at radius 3 is 2.52 bits per heavy atom. The second kappa shape index (κ2) is 5.88. The molecule has 0 bridgehead atoms. The van der Waals surface area contributed by atoms with Crippen LogP contribution in [0.2, 0.25) is 0 Å². The van der Waals surface area contributed by atoms with Crippen LogP contribution in [0.25, 0.3) is 0 Å². The molecule has 0 saturated heterocycles. The van der Waals surface area contributed by atoms with Crippen molar-refractivity contribution in [1.82, 2.24) is 5.32 Å². The highest BCUT2D eigenvalue weighted by atomic mass is 16.6. The molecule has 114 valence electrons. The van der Waals surface area contributed by atoms with Gasteiger partial charge in [0.2, 0.25) is 0 Å². The molecule has 1 aliphatic heterocycles. The number of benzene rings is 1. The first-order valence-corrected chi connectivity index (χ1v) is 7.16. The van der Waals surface area contributed by atoms with Gasteiger partial charge in [-0.25, -0.2) is 4.79 Å². The van der Waals surface area contributed by atoms with E-state index in [9.17, 15) is 4.79 Å². The number of alkyl carbamates (subject to hydrolysis) is 1. The van der Waals surface area contributed by atoms with Crippen LogP contribution in [0.4, 0.5) is 4.79 Å². The van der Waals surface area contributed by atoms with E-state index in [-0.39, 0.29) is 6.04 Å². The predicted octanol–water partition coefficient (Wildman–Crippen LogP) is 1.30. The standard InChI is InChI=1S/C15H22BNO4/c1-9(17-14(18)21-15(2,3)4)10-5-6-11(16)13-12(10)19-7-8-20-13/h5-6,9H,7-8,16H2,1-4H3,(H,17,18). The first kappa shape index (κ1) is 15.5. The molecule has 1 unspecified atom stereocenters. The van der Waals surface area contributed by atoms with Crippen LogP contribution in [0.5, 0.6) is 11.5 Å². The van der Waals surface area contributed by atoms with Crippen molar-refractivity contribution < 1.29 is 19.0 Å². The molecule has 1 heterocycles. The number of carbonyl (C=O) groups is 1. The van der Waals surface area contributed by atoms with Crippen LogP contribution in [0.1, 0.15) is 39.3 Å². The molecule has 5 nitrogen and oxygen atoms in total. The molecule has 1 amide bonds. The SMILES string of the molecule is Bc1ccc(C(C)NC(=O)OC(C)(C)C)c2c1OCCO2. The van der Waals surface area contributed by atoms with Crippen molar-refractivity contribution >= 4 is 19.4 Å². The zero-order valence-corrected chi connectivity index (χ0v) is 13.3. The van der Waals surface area contributed by atoms with E-state index in [2.05, 4.69) is 5.32 Å². The van der Waals surface area contributed by atoms with Crippen molar-refractivity contribution in [2.24, 2.45) is 0 Å². The molecule has 1 atom stereocenters. The third kappa shape index (κ3) is 3.83. The fourth-order valence-electron chi connectivity index (χ4n) is 2.20. The van der Waals surface area contributed by atoms with Crippen LogP contribution >= 0.6 is 0 Å². The smallest absolute Gasteiger partial charge is 0.408 e. The van der Waals surface area contributed by atoms with Gasteiger partial charge in [0.15, 0.2) is 11.5 Å². The number of hydrogen-bond acceptors (Lipinski definition) is 4. The van der Waals surface area contributed by atoms with E-state index >= 15 is 0 Å². The fourth-order valence-corrected chi connectivity index (χ4v) is 2.20. The van der Waals surface area contributed by atoms with Crippen LogP contribution in [-0.2, 0) is 4.74 Å². The number of fused-ring (bicyclic) bond motifs is 1. The lowest BCUT2D eigenvalue weighted by Crippen LogP contribution is -2.34. The summed E-state index contributed by atoms with van der Waals surface area (Å²) in [6.45, 7) is 8.46. The van der Waals surface area contributed by atoms with Gasteiger partial charge < -0.3 is 19.5 Å². The molecule has 0 saturated carbocycles. The van der Waals surface area contributed by atoms with Crippen molar-refractivity contribution in [3.05, 3.63) is 17.7 Å². The summed E-state index contributed by atoms with van der Waals surface area (Å²) >= 11 is 0. The van der Waals surface area contributed by atoms with E-state index in [0.717, 1.165) is 16.8 Å². The van der Waals surface area contributed by atoms with Crippen molar-refractivity contribution in [2.75, 3.05) is 13.2 Å². The minimum absolute atomic E-state index is 0.226. The number of hydrogen-bond donors (Lipinski definition) is 1. The number of rotatable bonds is 2. The number of amides is 1. The number of nitrogens with one attached hydrogen (secondary N) is 1. The maximum Gasteiger partial charge on any atom is 0.408 e. The zero-order chi connectivity index (χ0) is 15.6. The van der Waals surface area contributed by atoms with Crippen molar-refractivity contribution in [3.63, 3.8) is 0 Å². The molecule has 1 N–H and O–H groups in total. The van der Waals surface area contributed by atoms with E-state index in [1.54, 1.807) is 0 Å². The second-order valence-corrected chi connectivity index (χ2v) is 6.19. The zero-order valence-electron chi connectivity index (χ0n) is 13.3. The third-order valence-corrected chi connectivity index (χ3v) is 3.12. The molecule has 0 fully saturated rings. The van der Waals surface area contributed by atoms with Crippen LogP contribution in [0.3, 0.4) is 0 Å². The first-order chi connectivity index (χ1) is 9.78. The second-order valence-electron chi connectivity index (χ2n) is 6.19. The van der Waals surface area contributed by atoms with Crippen molar-refractivity contribution in [2.45, 2.75) is 39.3 Å². The van der Waals surface area contributed by atoms with Crippen molar-refractivity contribution in [3.8, 4) is 11.5 Å². The van der Waals surface area contributed by atoms with Gasteiger partial charge in [-0.1, -0.05) is 12.1 Å². The fraction of sp³-hybridized carbons (Fsp3) is 0.533. The summed E-state index contributed by atoms with van der Waals surface area (Å²) in [6, 6.07) is 3.69. The van der Waals surface area contributed by atoms with E-state index < -0.39 is 11.7 Å². The van der Waals surface area contributed by atoms with Crippen LogP contribution in [0.15, 0.2) is 12.1 Å². The lowest BCUT2D eigenvalue weighted by molar-refractivity contribution is 0.0506. The quantitative estimate of drug-likeness (QED) is 0.835. The van der Waals surface area contributed by atoms with E-state index in [0.29, 0.717) is 19.0 Å². The molecule has 21 heavy (non-hydrogen) atoms. The Kier molecular flexibility index (Phi) is 4.35. The first-order valence-electron chi connectivity index (χ1n) is 7.16. The molecule has 0 radical (unpaired) electrons. The summed E-state index contributed by atoms with van der Waals surface area (Å²) in [6.07, 6.45) is -0.443. The normalized spacial score (nSPS) is 15.2. The number of carbonyl (C=O) groups excluding carboxylic acids is 1. The molecule has 1 aliphatic rings. The Morgan fingerprint density at radius 1 is 1.29 bits per heavy atom. The van der Waals surface area contributed by atoms with E-state index in [1.807, 2.05) is 47.7 Å². The average Bonchev–Trinajstić information content (AvgIpc) is 2.37. The topological polar surface area (TPSA) is 56.8 Å². The molecule has 0 aliphatic carbocycles. The van der Waals surface area contributed by atoms with Gasteiger partial charge in [0.05, 0.1) is 6.04 Å². The van der Waals surface area contributed by atoms with Gasteiger partial charge in [0, 0.05) is 5.56 Å².